The molecule has 0 aliphatic rings. The highest BCUT2D eigenvalue weighted by Crippen LogP contribution is 2.19. The first kappa shape index (κ1) is 15.1. The number of amides is 1. The van der Waals surface area contributed by atoms with Crippen molar-refractivity contribution in [2.24, 2.45) is 5.92 Å². The second-order valence-corrected chi connectivity index (χ2v) is 5.79. The molecular formula is C11H12Br2N2O3. The van der Waals surface area contributed by atoms with Crippen LogP contribution >= 0.6 is 31.9 Å². The Kier molecular flexibility index (Phi) is 5.28. The zero-order valence-corrected chi connectivity index (χ0v) is 12.9. The average Bonchev–Trinajstić information content (AvgIpc) is 2.24. The van der Waals surface area contributed by atoms with E-state index in [1.807, 2.05) is 0 Å². The number of carbonyl (C=O) groups is 2. The molecule has 1 rings (SSSR count). The minimum absolute atomic E-state index is 0.158. The number of carbonyl (C=O) groups excluding carboxylic acids is 1. The van der Waals surface area contributed by atoms with Crippen molar-refractivity contribution < 1.29 is 14.7 Å². The number of aliphatic carboxylic acids is 1. The largest absolute Gasteiger partial charge is 0.480 e. The third-order valence-corrected chi connectivity index (χ3v) is 3.28. The van der Waals surface area contributed by atoms with Crippen LogP contribution < -0.4 is 5.32 Å². The van der Waals surface area contributed by atoms with Crippen molar-refractivity contribution in [2.45, 2.75) is 19.9 Å². The van der Waals surface area contributed by atoms with Gasteiger partial charge in [0, 0.05) is 10.7 Å². The number of halogens is 2. The highest BCUT2D eigenvalue weighted by molar-refractivity contribution is 9.11. The summed E-state index contributed by atoms with van der Waals surface area (Å²) >= 11 is 6.44. The monoisotopic (exact) mass is 378 g/mol. The molecule has 0 unspecified atom stereocenters. The fourth-order valence-electron chi connectivity index (χ4n) is 1.30. The third kappa shape index (κ3) is 3.78. The van der Waals surface area contributed by atoms with E-state index >= 15 is 0 Å². The molecule has 5 nitrogen and oxygen atoms in total. The minimum Gasteiger partial charge on any atom is -0.480 e. The fourth-order valence-corrected chi connectivity index (χ4v) is 2.47. The Labute approximate surface area is 121 Å². The molecule has 0 aliphatic carbocycles. The van der Waals surface area contributed by atoms with Gasteiger partial charge < -0.3 is 10.4 Å². The van der Waals surface area contributed by atoms with Gasteiger partial charge >= 0.3 is 5.97 Å². The van der Waals surface area contributed by atoms with Gasteiger partial charge in [-0.3, -0.25) is 4.79 Å². The molecule has 7 heteroatoms. The lowest BCUT2D eigenvalue weighted by atomic mass is 10.0. The van der Waals surface area contributed by atoms with E-state index in [9.17, 15) is 9.59 Å². The Hall–Kier alpha value is -0.950. The summed E-state index contributed by atoms with van der Waals surface area (Å²) in [6.45, 7) is 3.45. The number of hydrogen-bond donors (Lipinski definition) is 2. The lowest BCUT2D eigenvalue weighted by molar-refractivity contribution is -0.140. The third-order valence-electron chi connectivity index (χ3n) is 2.24. The summed E-state index contributed by atoms with van der Waals surface area (Å²) in [6, 6.07) is 0.738. The number of carboxylic acids is 1. The standard InChI is InChI=1S/C11H12Br2N2O3/c1-5(2)8(11(17)18)15-10(16)9-7(13)3-6(12)4-14-9/h3-5,8H,1-2H3,(H,15,16)(H,17,18)/t8-/m0/s1. The summed E-state index contributed by atoms with van der Waals surface area (Å²) in [5.41, 5.74) is 0.158. The van der Waals surface area contributed by atoms with Crippen LogP contribution in [0.15, 0.2) is 21.2 Å². The molecule has 1 amide bonds. The molecule has 2 N–H and O–H groups in total. The Balaban J connectivity index is 2.91. The van der Waals surface area contributed by atoms with Gasteiger partial charge in [0.05, 0.1) is 4.47 Å². The zero-order valence-electron chi connectivity index (χ0n) is 9.78. The van der Waals surface area contributed by atoms with Crippen LogP contribution in [0.5, 0.6) is 0 Å². The quantitative estimate of drug-likeness (QED) is 0.842. The maximum Gasteiger partial charge on any atom is 0.326 e. The van der Waals surface area contributed by atoms with Crippen molar-refractivity contribution >= 4 is 43.7 Å². The van der Waals surface area contributed by atoms with Gasteiger partial charge in [-0.05, 0) is 43.8 Å². The first-order chi connectivity index (χ1) is 8.32. The van der Waals surface area contributed by atoms with Crippen LogP contribution in [0.25, 0.3) is 0 Å². The summed E-state index contributed by atoms with van der Waals surface area (Å²) in [6.07, 6.45) is 1.48. The van der Waals surface area contributed by atoms with Gasteiger partial charge in [-0.1, -0.05) is 13.8 Å². The lowest BCUT2D eigenvalue weighted by Crippen LogP contribution is -2.44. The molecule has 0 aromatic carbocycles. The Morgan fingerprint density at radius 1 is 1.39 bits per heavy atom. The normalized spacial score (nSPS) is 12.3. The molecule has 0 fully saturated rings. The van der Waals surface area contributed by atoms with Crippen molar-refractivity contribution in [3.8, 4) is 0 Å². The molecule has 0 spiro atoms. The molecule has 0 saturated heterocycles. The van der Waals surface area contributed by atoms with Crippen LogP contribution in [0.3, 0.4) is 0 Å². The molecule has 1 atom stereocenters. The van der Waals surface area contributed by atoms with E-state index < -0.39 is 17.9 Å². The molecule has 1 aromatic rings. The summed E-state index contributed by atoms with van der Waals surface area (Å²) in [4.78, 5) is 26.9. The van der Waals surface area contributed by atoms with Crippen molar-refractivity contribution in [1.29, 1.82) is 0 Å². The van der Waals surface area contributed by atoms with Gasteiger partial charge in [0.25, 0.3) is 5.91 Å². The second-order valence-electron chi connectivity index (χ2n) is 4.02. The van der Waals surface area contributed by atoms with Crippen LogP contribution in [-0.4, -0.2) is 28.0 Å². The van der Waals surface area contributed by atoms with Crippen LogP contribution in [0.4, 0.5) is 0 Å². The maximum atomic E-state index is 11.9. The van der Waals surface area contributed by atoms with Crippen LogP contribution in [0.2, 0.25) is 0 Å². The highest BCUT2D eigenvalue weighted by atomic mass is 79.9. The number of carboxylic acid groups (broad SMARTS) is 1. The van der Waals surface area contributed by atoms with E-state index in [0.717, 1.165) is 4.47 Å². The average molecular weight is 380 g/mol. The Bertz CT molecular complexity index is 477. The number of nitrogens with one attached hydrogen (secondary N) is 1. The molecule has 1 aromatic heterocycles. The van der Waals surface area contributed by atoms with E-state index in [2.05, 4.69) is 42.2 Å². The van der Waals surface area contributed by atoms with Gasteiger partial charge in [-0.25, -0.2) is 9.78 Å². The van der Waals surface area contributed by atoms with Gasteiger partial charge in [-0.15, -0.1) is 0 Å². The van der Waals surface area contributed by atoms with Crippen molar-refractivity contribution in [1.82, 2.24) is 10.3 Å². The zero-order chi connectivity index (χ0) is 13.9. The lowest BCUT2D eigenvalue weighted by Gasteiger charge is -2.17. The molecule has 0 radical (unpaired) electrons. The van der Waals surface area contributed by atoms with E-state index in [1.54, 1.807) is 19.9 Å². The minimum atomic E-state index is -1.06. The highest BCUT2D eigenvalue weighted by Gasteiger charge is 2.25. The number of pyridine rings is 1. The van der Waals surface area contributed by atoms with E-state index in [-0.39, 0.29) is 11.6 Å². The fraction of sp³-hybridized carbons (Fsp3) is 0.364. The summed E-state index contributed by atoms with van der Waals surface area (Å²) in [5.74, 6) is -1.79. The predicted molar refractivity (Wildman–Crippen MR) is 73.4 cm³/mol. The maximum absolute atomic E-state index is 11.9. The summed E-state index contributed by atoms with van der Waals surface area (Å²) < 4.78 is 1.23. The summed E-state index contributed by atoms with van der Waals surface area (Å²) in [5, 5.41) is 11.4. The van der Waals surface area contributed by atoms with Gasteiger partial charge in [0.1, 0.15) is 11.7 Å². The molecule has 0 saturated carbocycles. The topological polar surface area (TPSA) is 79.3 Å². The molecule has 0 bridgehead atoms. The SMILES string of the molecule is CC(C)[C@H](NC(=O)c1ncc(Br)cc1Br)C(=O)O. The first-order valence-corrected chi connectivity index (χ1v) is 6.76. The van der Waals surface area contributed by atoms with Crippen molar-refractivity contribution in [2.75, 3.05) is 0 Å². The summed E-state index contributed by atoms with van der Waals surface area (Å²) in [7, 11) is 0. The molecular weight excluding hydrogens is 368 g/mol. The number of aromatic nitrogens is 1. The van der Waals surface area contributed by atoms with Crippen molar-refractivity contribution in [3.63, 3.8) is 0 Å². The molecule has 0 aliphatic heterocycles. The molecule has 98 valence electrons. The van der Waals surface area contributed by atoms with E-state index in [4.69, 9.17) is 5.11 Å². The number of nitrogens with zero attached hydrogens (tertiary/aromatic N) is 1. The second kappa shape index (κ2) is 6.29. The van der Waals surface area contributed by atoms with Crippen LogP contribution in [0.1, 0.15) is 24.3 Å². The molecule has 18 heavy (non-hydrogen) atoms. The van der Waals surface area contributed by atoms with E-state index in [1.165, 1.54) is 6.20 Å². The first-order valence-electron chi connectivity index (χ1n) is 5.17. The molecule has 1 heterocycles. The Morgan fingerprint density at radius 2 is 2.00 bits per heavy atom. The van der Waals surface area contributed by atoms with Gasteiger partial charge in [-0.2, -0.15) is 0 Å². The number of rotatable bonds is 4. The number of hydrogen-bond acceptors (Lipinski definition) is 3. The van der Waals surface area contributed by atoms with Gasteiger partial charge in [0.2, 0.25) is 0 Å². The smallest absolute Gasteiger partial charge is 0.326 e. The van der Waals surface area contributed by atoms with Crippen LogP contribution in [-0.2, 0) is 4.79 Å². The van der Waals surface area contributed by atoms with Crippen LogP contribution in [0, 0.1) is 5.92 Å². The van der Waals surface area contributed by atoms with Crippen molar-refractivity contribution in [3.05, 3.63) is 26.9 Å². The van der Waals surface area contributed by atoms with Gasteiger partial charge in [0.15, 0.2) is 0 Å². The predicted octanol–water partition coefficient (Wildman–Crippen LogP) is 2.45. The Morgan fingerprint density at radius 3 is 2.44 bits per heavy atom. The van der Waals surface area contributed by atoms with E-state index in [0.29, 0.717) is 4.47 Å².